The van der Waals surface area contributed by atoms with E-state index in [1.807, 2.05) is 36.4 Å². The van der Waals surface area contributed by atoms with Crippen LogP contribution in [0.5, 0.6) is 0 Å². The van der Waals surface area contributed by atoms with Crippen LogP contribution in [-0.2, 0) is 0 Å². The van der Waals surface area contributed by atoms with Gasteiger partial charge >= 0.3 is 0 Å². The van der Waals surface area contributed by atoms with Gasteiger partial charge in [0.05, 0.1) is 0 Å². The van der Waals surface area contributed by atoms with E-state index in [1.54, 1.807) is 0 Å². The molecule has 1 heteroatoms. The zero-order valence-corrected chi connectivity index (χ0v) is 9.48. The second-order valence-corrected chi connectivity index (χ2v) is 3.21. The van der Waals surface area contributed by atoms with Crippen molar-refractivity contribution >= 4 is 19.1 Å². The number of benzene rings is 2. The Morgan fingerprint density at radius 1 is 0.667 bits per heavy atom. The highest BCUT2D eigenvalue weighted by molar-refractivity contribution is 7.59. The molecule has 0 spiro atoms. The fourth-order valence-corrected chi connectivity index (χ4v) is 1.45. The van der Waals surface area contributed by atoms with Gasteiger partial charge in [0.2, 0.25) is 0 Å². The molecule has 0 bridgehead atoms. The molecule has 0 aliphatic heterocycles. The number of hydrogen-bond donors (Lipinski definition) is 0. The summed E-state index contributed by atoms with van der Waals surface area (Å²) in [6.45, 7) is 4.10. The molecule has 0 aliphatic rings. The summed E-state index contributed by atoms with van der Waals surface area (Å²) in [6, 6.07) is 20.5. The molecule has 2 rings (SSSR count). The fourth-order valence-electron chi connectivity index (χ4n) is 1.45. The lowest BCUT2D eigenvalue weighted by Crippen LogP contribution is -1.84. The van der Waals surface area contributed by atoms with Gasteiger partial charge in [-0.3, -0.25) is 0 Å². The first-order valence-corrected chi connectivity index (χ1v) is 4.67. The van der Waals surface area contributed by atoms with E-state index in [1.165, 1.54) is 11.1 Å². The minimum absolute atomic E-state index is 0. The van der Waals surface area contributed by atoms with Crippen LogP contribution in [0.2, 0.25) is 0 Å². The fraction of sp³-hybridized carbons (Fsp3) is 0. The van der Waals surface area contributed by atoms with Gasteiger partial charge in [-0.05, 0) is 16.7 Å². The van der Waals surface area contributed by atoms with Crippen LogP contribution in [0.15, 0.2) is 67.2 Å². The van der Waals surface area contributed by atoms with E-state index in [9.17, 15) is 0 Å². The van der Waals surface area contributed by atoms with Gasteiger partial charge < -0.3 is 0 Å². The van der Waals surface area contributed by atoms with Crippen molar-refractivity contribution in [3.05, 3.63) is 78.4 Å². The van der Waals surface area contributed by atoms with E-state index < -0.39 is 0 Å². The molecule has 0 aliphatic carbocycles. The third-order valence-corrected chi connectivity index (χ3v) is 2.24. The van der Waals surface area contributed by atoms with Gasteiger partial charge in [-0.25, -0.2) is 0 Å². The Bertz CT molecular complexity index is 376. The average molecular weight is 214 g/mol. The molecule has 0 nitrogen and oxygen atoms in total. The molecule has 0 saturated carbocycles. The average Bonchev–Trinajstić information content (AvgIpc) is 2.30. The monoisotopic (exact) mass is 214 g/mol. The summed E-state index contributed by atoms with van der Waals surface area (Å²) < 4.78 is 0. The summed E-state index contributed by atoms with van der Waals surface area (Å²) in [5, 5.41) is 0. The summed E-state index contributed by atoms with van der Waals surface area (Å²) in [4.78, 5) is 0. The Morgan fingerprint density at radius 3 is 1.33 bits per heavy atom. The molecule has 0 radical (unpaired) electrons. The molecule has 0 saturated heterocycles. The smallest absolute Gasteiger partial charge is 0.0183 e. The first kappa shape index (κ1) is 11.6. The Kier molecular flexibility index (Phi) is 4.19. The second kappa shape index (κ2) is 5.42. The first-order valence-electron chi connectivity index (χ1n) is 4.67. The van der Waals surface area contributed by atoms with Crippen LogP contribution in [-0.4, -0.2) is 0 Å². The highest BCUT2D eigenvalue weighted by Crippen LogP contribution is 2.20. The first-order chi connectivity index (χ1) is 6.88. The molecule has 0 unspecified atom stereocenters. The molecule has 76 valence electrons. The predicted octanol–water partition coefficient (Wildman–Crippen LogP) is 3.86. The normalized spacial score (nSPS) is 9.07. The predicted molar refractivity (Wildman–Crippen MR) is 71.4 cm³/mol. The highest BCUT2D eigenvalue weighted by atomic mass is 32.1. The van der Waals surface area contributed by atoms with Gasteiger partial charge in [-0.1, -0.05) is 67.2 Å². The Morgan fingerprint density at radius 2 is 1.00 bits per heavy atom. The summed E-state index contributed by atoms with van der Waals surface area (Å²) >= 11 is 0. The summed E-state index contributed by atoms with van der Waals surface area (Å²) in [7, 11) is 0. The summed E-state index contributed by atoms with van der Waals surface area (Å²) in [5.74, 6) is 0. The molecular weight excluding hydrogens is 200 g/mol. The molecule has 0 fully saturated rings. The van der Waals surface area contributed by atoms with Crippen molar-refractivity contribution in [3.63, 3.8) is 0 Å². The third-order valence-electron chi connectivity index (χ3n) is 2.24. The summed E-state index contributed by atoms with van der Waals surface area (Å²) in [5.41, 5.74) is 3.43. The van der Waals surface area contributed by atoms with Crippen LogP contribution in [0.3, 0.4) is 0 Å². The van der Waals surface area contributed by atoms with Gasteiger partial charge in [0.25, 0.3) is 0 Å². The van der Waals surface area contributed by atoms with E-state index in [0.717, 1.165) is 5.57 Å². The minimum atomic E-state index is 0. The van der Waals surface area contributed by atoms with Crippen LogP contribution in [0.4, 0.5) is 0 Å². The molecule has 2 aromatic carbocycles. The van der Waals surface area contributed by atoms with Crippen LogP contribution in [0, 0.1) is 0 Å². The van der Waals surface area contributed by atoms with E-state index in [-0.39, 0.29) is 13.5 Å². The van der Waals surface area contributed by atoms with Crippen LogP contribution in [0.1, 0.15) is 11.1 Å². The van der Waals surface area contributed by atoms with Crippen LogP contribution < -0.4 is 0 Å². The highest BCUT2D eigenvalue weighted by Gasteiger charge is 1.99. The molecule has 2 aromatic rings. The number of hydrogen-bond acceptors (Lipinski definition) is 0. The van der Waals surface area contributed by atoms with Crippen molar-refractivity contribution in [2.24, 2.45) is 0 Å². The maximum absolute atomic E-state index is 4.10. The van der Waals surface area contributed by atoms with Crippen molar-refractivity contribution in [1.82, 2.24) is 0 Å². The minimum Gasteiger partial charge on any atom is -0.197 e. The van der Waals surface area contributed by atoms with Gasteiger partial charge in [0, 0.05) is 0 Å². The van der Waals surface area contributed by atoms with E-state index in [2.05, 4.69) is 30.8 Å². The maximum Gasteiger partial charge on any atom is -0.0183 e. The lowest BCUT2D eigenvalue weighted by atomic mass is 10.0. The van der Waals surface area contributed by atoms with Crippen molar-refractivity contribution < 1.29 is 0 Å². The second-order valence-electron chi connectivity index (χ2n) is 3.21. The lowest BCUT2D eigenvalue weighted by molar-refractivity contribution is 1.56. The van der Waals surface area contributed by atoms with Gasteiger partial charge in [-0.2, -0.15) is 13.5 Å². The molecule has 0 atom stereocenters. The van der Waals surface area contributed by atoms with Crippen molar-refractivity contribution in [1.29, 1.82) is 0 Å². The largest absolute Gasteiger partial charge is 0.197 e. The van der Waals surface area contributed by atoms with Gasteiger partial charge in [-0.15, -0.1) is 0 Å². The van der Waals surface area contributed by atoms with E-state index >= 15 is 0 Å². The van der Waals surface area contributed by atoms with E-state index in [0.29, 0.717) is 0 Å². The maximum atomic E-state index is 4.10. The van der Waals surface area contributed by atoms with Crippen LogP contribution in [0.25, 0.3) is 5.57 Å². The van der Waals surface area contributed by atoms with Gasteiger partial charge in [0.1, 0.15) is 0 Å². The molecule has 0 amide bonds. The summed E-state index contributed by atoms with van der Waals surface area (Å²) in [6.07, 6.45) is 0. The Labute approximate surface area is 97.7 Å². The van der Waals surface area contributed by atoms with Crippen molar-refractivity contribution in [2.45, 2.75) is 0 Å². The zero-order chi connectivity index (χ0) is 9.80. The lowest BCUT2D eigenvalue weighted by Gasteiger charge is -2.04. The molecule has 0 heterocycles. The molecule has 0 aromatic heterocycles. The SMILES string of the molecule is C=C(c1ccccc1)c1ccccc1.S. The van der Waals surface area contributed by atoms with Crippen molar-refractivity contribution in [2.75, 3.05) is 0 Å². The molecule has 0 N–H and O–H groups in total. The topological polar surface area (TPSA) is 0 Å². The standard InChI is InChI=1S/C14H12.H2S/c1-12(13-8-4-2-5-9-13)14-10-6-3-7-11-14;/h2-11H,1H2;1H2. The third kappa shape index (κ3) is 2.74. The van der Waals surface area contributed by atoms with Crippen LogP contribution >= 0.6 is 13.5 Å². The van der Waals surface area contributed by atoms with Crippen molar-refractivity contribution in [3.8, 4) is 0 Å². The Hall–Kier alpha value is -1.47. The molecular formula is C14H14S. The number of rotatable bonds is 2. The Balaban J connectivity index is 0.00000112. The van der Waals surface area contributed by atoms with Gasteiger partial charge in [0.15, 0.2) is 0 Å². The zero-order valence-electron chi connectivity index (χ0n) is 8.48. The quantitative estimate of drug-likeness (QED) is 0.712. The van der Waals surface area contributed by atoms with E-state index in [4.69, 9.17) is 0 Å². The molecule has 15 heavy (non-hydrogen) atoms.